The van der Waals surface area contributed by atoms with Crippen LogP contribution in [0, 0.1) is 0 Å². The molecule has 0 aliphatic carbocycles. The molecule has 0 saturated heterocycles. The number of rotatable bonds is 75. The van der Waals surface area contributed by atoms with E-state index >= 15 is 0 Å². The average molecular weight is 1550 g/mol. The Balaban J connectivity index is 5.47. The lowest BCUT2D eigenvalue weighted by Gasteiger charge is -2.21. The van der Waals surface area contributed by atoms with Crippen LogP contribution >= 0.6 is 15.6 Å². The van der Waals surface area contributed by atoms with Gasteiger partial charge in [0.05, 0.1) is 26.4 Å². The molecule has 108 heavy (non-hydrogen) atoms. The molecule has 0 aliphatic rings. The van der Waals surface area contributed by atoms with Gasteiger partial charge in [-0.15, -0.1) is 0 Å². The molecule has 0 fully saturated rings. The molecule has 0 spiro atoms. The van der Waals surface area contributed by atoms with Gasteiger partial charge in [-0.2, -0.15) is 0 Å². The molecule has 612 valence electrons. The van der Waals surface area contributed by atoms with Crippen LogP contribution < -0.4 is 0 Å². The highest BCUT2D eigenvalue weighted by Gasteiger charge is 2.30. The number of aliphatic hydroxyl groups excluding tert-OH is 1. The molecule has 19 heteroatoms. The summed E-state index contributed by atoms with van der Waals surface area (Å²) < 4.78 is 68.6. The van der Waals surface area contributed by atoms with Crippen LogP contribution in [0.4, 0.5) is 0 Å². The zero-order chi connectivity index (χ0) is 78.9. The van der Waals surface area contributed by atoms with Gasteiger partial charge in [0.15, 0.2) is 12.2 Å². The highest BCUT2D eigenvalue weighted by Crippen LogP contribution is 2.45. The van der Waals surface area contributed by atoms with Gasteiger partial charge in [0.1, 0.15) is 19.3 Å². The van der Waals surface area contributed by atoms with Crippen LogP contribution in [0.5, 0.6) is 0 Å². The second-order valence-electron chi connectivity index (χ2n) is 26.6. The van der Waals surface area contributed by atoms with Gasteiger partial charge in [-0.25, -0.2) is 9.13 Å². The second-order valence-corrected chi connectivity index (χ2v) is 29.5. The van der Waals surface area contributed by atoms with Crippen LogP contribution in [-0.4, -0.2) is 96.7 Å². The third-order valence-corrected chi connectivity index (χ3v) is 18.2. The summed E-state index contributed by atoms with van der Waals surface area (Å²) in [6, 6.07) is 0. The summed E-state index contributed by atoms with van der Waals surface area (Å²) in [4.78, 5) is 73.1. The van der Waals surface area contributed by atoms with Gasteiger partial charge >= 0.3 is 39.5 Å². The number of phosphoric ester groups is 2. The first-order valence-electron chi connectivity index (χ1n) is 41.0. The van der Waals surface area contributed by atoms with E-state index in [1.54, 1.807) is 0 Å². The van der Waals surface area contributed by atoms with E-state index in [2.05, 4.69) is 210 Å². The molecule has 5 unspecified atom stereocenters. The molecule has 0 amide bonds. The molecule has 0 bridgehead atoms. The summed E-state index contributed by atoms with van der Waals surface area (Å²) in [6.45, 7) is 4.36. The molecule has 0 aromatic rings. The zero-order valence-corrected chi connectivity index (χ0v) is 68.7. The van der Waals surface area contributed by atoms with Crippen LogP contribution in [-0.2, 0) is 65.4 Å². The number of aliphatic hydroxyl groups is 1. The summed E-state index contributed by atoms with van der Waals surface area (Å²) in [6.07, 6.45) is 95.8. The largest absolute Gasteiger partial charge is 0.472 e. The molecular weight excluding hydrogens is 1400 g/mol. The van der Waals surface area contributed by atoms with Crippen molar-refractivity contribution in [2.75, 3.05) is 39.6 Å². The molecule has 3 N–H and O–H groups in total. The Kier molecular flexibility index (Phi) is 75.0. The van der Waals surface area contributed by atoms with Crippen molar-refractivity contribution in [1.82, 2.24) is 0 Å². The monoisotopic (exact) mass is 1550 g/mol. The maximum atomic E-state index is 13.1. The van der Waals surface area contributed by atoms with E-state index in [1.807, 2.05) is 0 Å². The Morgan fingerprint density at radius 1 is 0.269 bits per heavy atom. The van der Waals surface area contributed by atoms with Crippen molar-refractivity contribution in [3.8, 4) is 0 Å². The molecule has 0 aromatic heterocycles. The molecule has 17 nitrogen and oxygen atoms in total. The number of unbranched alkanes of at least 4 members (excludes halogenated alkanes) is 19. The molecule has 0 aromatic carbocycles. The number of ether oxygens (including phenoxy) is 4. The summed E-state index contributed by atoms with van der Waals surface area (Å²) in [5, 5.41) is 10.7. The smallest absolute Gasteiger partial charge is 0.462 e. The van der Waals surface area contributed by atoms with E-state index in [4.69, 9.17) is 37.0 Å². The van der Waals surface area contributed by atoms with E-state index in [9.17, 15) is 43.2 Å². The lowest BCUT2D eigenvalue weighted by molar-refractivity contribution is -0.161. The number of hydrogen-bond acceptors (Lipinski definition) is 15. The number of hydrogen-bond donors (Lipinski definition) is 3. The summed E-state index contributed by atoms with van der Waals surface area (Å²) in [5.41, 5.74) is 0. The lowest BCUT2D eigenvalue weighted by atomic mass is 10.1. The third-order valence-electron chi connectivity index (χ3n) is 16.3. The maximum Gasteiger partial charge on any atom is 0.472 e. The lowest BCUT2D eigenvalue weighted by Crippen LogP contribution is -2.30. The fraction of sp³-hybridized carbons (Fsp3) is 0.618. The minimum absolute atomic E-state index is 0.0405. The third kappa shape index (κ3) is 78.3. The van der Waals surface area contributed by atoms with Crippen molar-refractivity contribution in [3.05, 3.63) is 182 Å². The maximum absolute atomic E-state index is 13.1. The van der Waals surface area contributed by atoms with E-state index in [-0.39, 0.29) is 25.7 Å². The number of carbonyl (C=O) groups is 4. The Morgan fingerprint density at radius 2 is 0.481 bits per heavy atom. The van der Waals surface area contributed by atoms with Gasteiger partial charge in [-0.05, 0) is 173 Å². The van der Waals surface area contributed by atoms with Crippen LogP contribution in [0.3, 0.4) is 0 Å². The number of phosphoric acid groups is 2. The molecule has 0 saturated carbocycles. The predicted molar refractivity (Wildman–Crippen MR) is 445 cm³/mol. The second kappa shape index (κ2) is 79.3. The van der Waals surface area contributed by atoms with Crippen molar-refractivity contribution in [1.29, 1.82) is 0 Å². The predicted octanol–water partition coefficient (Wildman–Crippen LogP) is 24.3. The van der Waals surface area contributed by atoms with E-state index in [0.29, 0.717) is 25.7 Å². The highest BCUT2D eigenvalue weighted by molar-refractivity contribution is 7.47. The van der Waals surface area contributed by atoms with Crippen LogP contribution in [0.2, 0.25) is 0 Å². The fourth-order valence-electron chi connectivity index (χ4n) is 10.2. The Bertz CT molecular complexity index is 2760. The van der Waals surface area contributed by atoms with Crippen LogP contribution in [0.25, 0.3) is 0 Å². The van der Waals surface area contributed by atoms with E-state index < -0.39 is 97.5 Å². The number of carbonyl (C=O) groups excluding carboxylic acids is 4. The minimum Gasteiger partial charge on any atom is -0.462 e. The Labute approximate surface area is 654 Å². The van der Waals surface area contributed by atoms with Crippen molar-refractivity contribution < 1.29 is 80.2 Å². The molecule has 0 radical (unpaired) electrons. The molecule has 5 atom stereocenters. The van der Waals surface area contributed by atoms with Gasteiger partial charge in [0.2, 0.25) is 0 Å². The Morgan fingerprint density at radius 3 is 0.750 bits per heavy atom. The first kappa shape index (κ1) is 102. The van der Waals surface area contributed by atoms with Crippen molar-refractivity contribution in [2.24, 2.45) is 0 Å². The normalized spacial score (nSPS) is 14.8. The van der Waals surface area contributed by atoms with Gasteiger partial charge in [-0.3, -0.25) is 37.3 Å². The fourth-order valence-corrected chi connectivity index (χ4v) is 11.8. The highest BCUT2D eigenvalue weighted by atomic mass is 31.2. The number of allylic oxidation sites excluding steroid dienone is 30. The van der Waals surface area contributed by atoms with Crippen LogP contribution in [0.15, 0.2) is 182 Å². The van der Waals surface area contributed by atoms with Gasteiger partial charge in [0.25, 0.3) is 0 Å². The van der Waals surface area contributed by atoms with Crippen molar-refractivity contribution in [3.63, 3.8) is 0 Å². The molecular formula is C89H144O17P2. The SMILES string of the molecule is CC/C=C\C/C=C\C/C=C\C/C=C\C/C=C\CCCCCC(=O)OCC(COP(=O)(O)OCC(O)COP(=O)(O)OCC(COC(=O)CCCCCCCCC/C=C\C/C=C\C/C=C\CC)OC(=O)CCCCCCC/C=C\C/C=C\CCC)OC(=O)CCCCC/C=C\C/C=C\C/C=C\C/C=C\C/C=C\CC. The van der Waals surface area contributed by atoms with Gasteiger partial charge in [-0.1, -0.05) is 281 Å². The summed E-state index contributed by atoms with van der Waals surface area (Å²) in [7, 11) is -10.0. The van der Waals surface area contributed by atoms with E-state index in [0.717, 1.165) is 218 Å². The first-order chi connectivity index (χ1) is 52.7. The standard InChI is InChI=1S/C89H144O17P2/c1-5-9-13-17-21-25-29-33-36-39-41-44-47-51-54-58-62-66-70-74-87(92)100-80-85(106-89(94)76-72-68-64-60-56-52-48-45-42-40-37-34-30-26-22-18-14-10-6-2)82-104-108(97,98)102-78-83(90)77-101-107(95,96)103-81-84(105-88(93)75-71-67-63-59-55-49-32-28-24-20-16-12-8-4)79-99-86(91)73-69-65-61-57-53-50-46-43-38-35-31-27-23-19-15-11-7-3/h9-11,13-16,20-23,25-28,32-38,41-42,44-45,51-52,54,56,83-85,90H,5-8,12,17-19,24,29-31,39-40,43,46-50,53,55,57-82H2,1-4H3,(H,95,96)(H,97,98)/b13-9-,14-10-,15-11-,20-16-,25-21-,26-22-,27-23-,32-28-,36-33-,37-34-,38-35-,44-41-,45-42-,54-51-,56-52-. The molecule has 0 heterocycles. The number of esters is 4. The Hall–Kier alpha value is -5.84. The van der Waals surface area contributed by atoms with Gasteiger partial charge in [0, 0.05) is 25.7 Å². The van der Waals surface area contributed by atoms with Crippen molar-refractivity contribution >= 4 is 39.5 Å². The summed E-state index contributed by atoms with van der Waals surface area (Å²) in [5.74, 6) is -2.29. The van der Waals surface area contributed by atoms with Crippen molar-refractivity contribution in [2.45, 2.75) is 316 Å². The minimum atomic E-state index is -5.01. The first-order valence-corrected chi connectivity index (χ1v) is 44.0. The summed E-state index contributed by atoms with van der Waals surface area (Å²) >= 11 is 0. The topological polar surface area (TPSA) is 237 Å². The molecule has 0 rings (SSSR count). The quantitative estimate of drug-likeness (QED) is 0.0169. The zero-order valence-electron chi connectivity index (χ0n) is 66.9. The van der Waals surface area contributed by atoms with E-state index in [1.165, 1.54) is 0 Å². The molecule has 0 aliphatic heterocycles. The average Bonchev–Trinajstić information content (AvgIpc) is 0.892. The van der Waals surface area contributed by atoms with Crippen LogP contribution in [0.1, 0.15) is 297 Å². The van der Waals surface area contributed by atoms with Gasteiger partial charge < -0.3 is 33.8 Å².